The van der Waals surface area contributed by atoms with Crippen LogP contribution in [0.1, 0.15) is 12.8 Å². The average molecular weight is 403 g/mol. The minimum absolute atomic E-state index is 0.00313. The molecule has 0 spiro atoms. The summed E-state index contributed by atoms with van der Waals surface area (Å²) in [5, 5.41) is 19.2. The van der Waals surface area contributed by atoms with Crippen LogP contribution in [0.25, 0.3) is 0 Å². The Morgan fingerprint density at radius 2 is 2.11 bits per heavy atom. The van der Waals surface area contributed by atoms with Crippen molar-refractivity contribution < 1.29 is 24.5 Å². The van der Waals surface area contributed by atoms with E-state index in [4.69, 9.17) is 21.4 Å². The quantitative estimate of drug-likeness (QED) is 0.456. The Bertz CT molecular complexity index is 794. The molecule has 2 rings (SSSR count). The molecule has 0 amide bonds. The van der Waals surface area contributed by atoms with Gasteiger partial charge in [0, 0.05) is 17.0 Å². The lowest BCUT2D eigenvalue weighted by molar-refractivity contribution is -0.131. The van der Waals surface area contributed by atoms with Gasteiger partial charge in [-0.2, -0.15) is 0 Å². The van der Waals surface area contributed by atoms with Gasteiger partial charge in [-0.25, -0.2) is 4.79 Å². The zero-order valence-electron chi connectivity index (χ0n) is 15.3. The Morgan fingerprint density at radius 3 is 2.86 bits per heavy atom. The van der Waals surface area contributed by atoms with Gasteiger partial charge in [0.15, 0.2) is 5.78 Å². The highest BCUT2D eigenvalue weighted by atomic mass is 35.5. The molecule has 1 aromatic rings. The number of carboxylic acids is 1. The second-order valence-corrected chi connectivity index (χ2v) is 6.79. The van der Waals surface area contributed by atoms with Crippen LogP contribution in [0.5, 0.6) is 5.75 Å². The molecule has 148 valence electrons. The zero-order valence-corrected chi connectivity index (χ0v) is 16.0. The molecular weight excluding hydrogens is 380 g/mol. The van der Waals surface area contributed by atoms with Crippen molar-refractivity contribution in [2.24, 2.45) is 11.8 Å². The van der Waals surface area contributed by atoms with Gasteiger partial charge in [-0.3, -0.25) is 4.79 Å². The topological polar surface area (TPSA) is 83.8 Å². The molecule has 28 heavy (non-hydrogen) atoms. The first-order valence-corrected chi connectivity index (χ1v) is 9.35. The van der Waals surface area contributed by atoms with Crippen molar-refractivity contribution in [1.29, 1.82) is 0 Å². The second kappa shape index (κ2) is 11.3. The lowest BCUT2D eigenvalue weighted by atomic mass is 9.91. The molecule has 0 aromatic heterocycles. The van der Waals surface area contributed by atoms with E-state index < -0.39 is 12.1 Å². The summed E-state index contributed by atoms with van der Waals surface area (Å²) in [7, 11) is 0. The number of rotatable bonds is 10. The summed E-state index contributed by atoms with van der Waals surface area (Å²) in [6.45, 7) is 0.0612. The van der Waals surface area contributed by atoms with Crippen molar-refractivity contribution in [2.45, 2.75) is 18.9 Å². The van der Waals surface area contributed by atoms with Gasteiger partial charge in [-0.15, -0.1) is 0 Å². The fraction of sp³-hybridized carbons (Fsp3) is 0.273. The molecule has 1 aliphatic rings. The van der Waals surface area contributed by atoms with Gasteiger partial charge in [-0.1, -0.05) is 54.1 Å². The van der Waals surface area contributed by atoms with E-state index in [-0.39, 0.29) is 24.2 Å². The molecule has 0 fully saturated rings. The largest absolute Gasteiger partial charge is 0.491 e. The lowest BCUT2D eigenvalue weighted by Crippen LogP contribution is -2.17. The Balaban J connectivity index is 1.81. The van der Waals surface area contributed by atoms with E-state index in [9.17, 15) is 14.7 Å². The van der Waals surface area contributed by atoms with E-state index >= 15 is 0 Å². The third kappa shape index (κ3) is 7.55. The molecule has 5 nitrogen and oxygen atoms in total. The summed E-state index contributed by atoms with van der Waals surface area (Å²) >= 11 is 5.89. The van der Waals surface area contributed by atoms with E-state index in [1.807, 2.05) is 18.2 Å². The summed E-state index contributed by atoms with van der Waals surface area (Å²) in [5.74, 6) is -0.702. The fourth-order valence-electron chi connectivity index (χ4n) is 2.76. The highest BCUT2D eigenvalue weighted by Crippen LogP contribution is 2.27. The normalized spacial score (nSPS) is 20.6. The maximum absolute atomic E-state index is 12.1. The molecule has 1 aliphatic carbocycles. The summed E-state index contributed by atoms with van der Waals surface area (Å²) in [4.78, 5) is 22.4. The predicted octanol–water partition coefficient (Wildman–Crippen LogP) is 3.98. The number of carbonyl (C=O) groups is 2. The molecule has 3 atom stereocenters. The van der Waals surface area contributed by atoms with Gasteiger partial charge in [0.2, 0.25) is 0 Å². The van der Waals surface area contributed by atoms with Gasteiger partial charge in [0.1, 0.15) is 18.5 Å². The lowest BCUT2D eigenvalue weighted by Gasteiger charge is -2.14. The Hall–Kier alpha value is -2.63. The number of ether oxygens (including phenoxy) is 1. The average Bonchev–Trinajstić information content (AvgIpc) is 3.00. The smallest absolute Gasteiger partial charge is 0.327 e. The number of hydrogen-bond acceptors (Lipinski definition) is 4. The van der Waals surface area contributed by atoms with E-state index in [1.54, 1.807) is 48.6 Å². The first kappa shape index (κ1) is 21.7. The highest BCUT2D eigenvalue weighted by molar-refractivity contribution is 6.30. The maximum Gasteiger partial charge on any atom is 0.327 e. The third-order valence-corrected chi connectivity index (χ3v) is 4.40. The van der Waals surface area contributed by atoms with Crippen LogP contribution < -0.4 is 4.74 Å². The molecule has 0 aliphatic heterocycles. The monoisotopic (exact) mass is 402 g/mol. The van der Waals surface area contributed by atoms with Crippen molar-refractivity contribution in [1.82, 2.24) is 0 Å². The van der Waals surface area contributed by atoms with Gasteiger partial charge < -0.3 is 14.9 Å². The number of carbonyl (C=O) groups excluding carboxylic acids is 1. The van der Waals surface area contributed by atoms with E-state index in [2.05, 4.69) is 0 Å². The summed E-state index contributed by atoms with van der Waals surface area (Å²) in [5.41, 5.74) is 0. The number of aliphatic hydroxyl groups is 1. The standard InChI is InChI=1S/C22H23ClO5/c23-17-7-5-8-19(14-17)28-15-18(24)11-12-20-16(10-13-21(20)25)6-3-1-2-4-9-22(26)27/h1,3-5,7-14,16,18,20,24H,2,6,15H2,(H,26,27)/t16-,18+,20+/m0/s1. The fourth-order valence-corrected chi connectivity index (χ4v) is 2.94. The number of hydrogen-bond donors (Lipinski definition) is 2. The summed E-state index contributed by atoms with van der Waals surface area (Å²) in [6.07, 6.45) is 13.5. The predicted molar refractivity (Wildman–Crippen MR) is 108 cm³/mol. The SMILES string of the molecule is O=C(O)C=CCC=CC[C@H]1C=CC(=O)[C@@H]1C=C[C@@H](O)COc1cccc(Cl)c1. The van der Waals surface area contributed by atoms with E-state index in [0.29, 0.717) is 23.6 Å². The van der Waals surface area contributed by atoms with Gasteiger partial charge in [-0.05, 0) is 43.0 Å². The number of ketones is 1. The highest BCUT2D eigenvalue weighted by Gasteiger charge is 2.26. The molecule has 2 N–H and O–H groups in total. The van der Waals surface area contributed by atoms with Crippen LogP contribution in [0, 0.1) is 11.8 Å². The van der Waals surface area contributed by atoms with Crippen LogP contribution in [0.15, 0.2) is 72.9 Å². The van der Waals surface area contributed by atoms with Crippen molar-refractivity contribution in [3.8, 4) is 5.75 Å². The summed E-state index contributed by atoms with van der Waals surface area (Å²) < 4.78 is 5.49. The summed E-state index contributed by atoms with van der Waals surface area (Å²) in [6, 6.07) is 6.91. The third-order valence-electron chi connectivity index (χ3n) is 4.16. The second-order valence-electron chi connectivity index (χ2n) is 6.36. The molecule has 0 heterocycles. The molecule has 1 aromatic carbocycles. The Morgan fingerprint density at radius 1 is 1.29 bits per heavy atom. The number of aliphatic carboxylic acids is 1. The van der Waals surface area contributed by atoms with Gasteiger partial charge in [0.05, 0.1) is 0 Å². The number of halogens is 1. The van der Waals surface area contributed by atoms with E-state index in [1.165, 1.54) is 0 Å². The minimum Gasteiger partial charge on any atom is -0.491 e. The molecular formula is C22H23ClO5. The van der Waals surface area contributed by atoms with Crippen LogP contribution in [0.3, 0.4) is 0 Å². The number of aliphatic hydroxyl groups excluding tert-OH is 1. The number of allylic oxidation sites excluding steroid dienone is 6. The van der Waals surface area contributed by atoms with Crippen LogP contribution in [-0.4, -0.2) is 34.7 Å². The first-order chi connectivity index (χ1) is 13.5. The van der Waals surface area contributed by atoms with Crippen molar-refractivity contribution in [2.75, 3.05) is 6.61 Å². The van der Waals surface area contributed by atoms with Crippen molar-refractivity contribution >= 4 is 23.4 Å². The van der Waals surface area contributed by atoms with Gasteiger partial charge in [0.25, 0.3) is 0 Å². The molecule has 0 bridgehead atoms. The molecule has 0 unspecified atom stereocenters. The van der Waals surface area contributed by atoms with Crippen molar-refractivity contribution in [3.63, 3.8) is 0 Å². The molecule has 6 heteroatoms. The van der Waals surface area contributed by atoms with Crippen LogP contribution in [-0.2, 0) is 9.59 Å². The van der Waals surface area contributed by atoms with Crippen molar-refractivity contribution in [3.05, 3.63) is 77.9 Å². The van der Waals surface area contributed by atoms with Crippen LogP contribution >= 0.6 is 11.6 Å². The Kier molecular flexibility index (Phi) is 8.72. The Labute approximate surface area is 169 Å². The number of carboxylic acid groups (broad SMARTS) is 1. The minimum atomic E-state index is -0.971. The van der Waals surface area contributed by atoms with Gasteiger partial charge >= 0.3 is 5.97 Å². The first-order valence-electron chi connectivity index (χ1n) is 8.97. The molecule has 0 radical (unpaired) electrons. The molecule has 0 saturated carbocycles. The van der Waals surface area contributed by atoms with E-state index in [0.717, 1.165) is 6.08 Å². The number of benzene rings is 1. The van der Waals surface area contributed by atoms with Crippen LogP contribution in [0.4, 0.5) is 0 Å². The molecule has 0 saturated heterocycles. The zero-order chi connectivity index (χ0) is 20.4. The van der Waals surface area contributed by atoms with Crippen LogP contribution in [0.2, 0.25) is 5.02 Å². The maximum atomic E-state index is 12.1.